The summed E-state index contributed by atoms with van der Waals surface area (Å²) in [6, 6.07) is 8.20. The van der Waals surface area contributed by atoms with E-state index in [0.29, 0.717) is 35.4 Å². The first kappa shape index (κ1) is 24.1. The van der Waals surface area contributed by atoms with E-state index in [4.69, 9.17) is 23.2 Å². The van der Waals surface area contributed by atoms with Crippen molar-refractivity contribution < 1.29 is 35.1 Å². The topological polar surface area (TPSA) is 0 Å². The van der Waals surface area contributed by atoms with E-state index in [1.165, 1.54) is 12.2 Å². The first-order valence-electron chi connectivity index (χ1n) is 12.7. The van der Waals surface area contributed by atoms with Crippen molar-refractivity contribution in [2.45, 2.75) is 57.1 Å². The number of halogens is 10. The van der Waals surface area contributed by atoms with Crippen molar-refractivity contribution >= 4 is 23.2 Å². The monoisotopic (exact) mass is 596 g/mol. The zero-order chi connectivity index (χ0) is 28.2. The highest BCUT2D eigenvalue weighted by molar-refractivity contribution is 6.38. The van der Waals surface area contributed by atoms with Gasteiger partial charge in [0.1, 0.15) is 0 Å². The molecule has 3 aromatic rings. The molecule has 0 heterocycles. The molecule has 8 aliphatic carbocycles. The van der Waals surface area contributed by atoms with E-state index in [0.717, 1.165) is 0 Å². The predicted molar refractivity (Wildman–Crippen MR) is 130 cm³/mol. The maximum absolute atomic E-state index is 16.3. The van der Waals surface area contributed by atoms with Gasteiger partial charge in [0.15, 0.2) is 0 Å². The summed E-state index contributed by atoms with van der Waals surface area (Å²) >= 11 is 15.1. The summed E-state index contributed by atoms with van der Waals surface area (Å²) < 4.78 is 130. The van der Waals surface area contributed by atoms with Crippen LogP contribution in [-0.4, -0.2) is 9.75 Å². The van der Waals surface area contributed by atoms with Gasteiger partial charge in [0.25, 0.3) is 0 Å². The van der Waals surface area contributed by atoms with Gasteiger partial charge in [-0.3, -0.25) is 0 Å². The Morgan fingerprint density at radius 1 is 0.450 bits per heavy atom. The van der Waals surface area contributed by atoms with Gasteiger partial charge >= 0.3 is 23.7 Å². The minimum atomic E-state index is -4.89. The second-order valence-electron chi connectivity index (χ2n) is 11.6. The normalized spacial score (nSPS) is 37.6. The number of allylic oxidation sites excluding steroid dienone is 2. The molecule has 0 radical (unpaired) electrons. The van der Waals surface area contributed by atoms with Crippen molar-refractivity contribution in [2.24, 2.45) is 0 Å². The molecule has 0 aliphatic heterocycles. The Morgan fingerprint density at radius 2 is 0.750 bits per heavy atom. The van der Waals surface area contributed by atoms with Crippen molar-refractivity contribution in [1.82, 2.24) is 0 Å². The van der Waals surface area contributed by atoms with Crippen molar-refractivity contribution in [3.05, 3.63) is 116 Å². The average Bonchev–Trinajstić information content (AvgIpc) is 2.93. The molecule has 0 saturated carbocycles. The van der Waals surface area contributed by atoms with Crippen LogP contribution in [0, 0.1) is 0 Å². The molecule has 0 amide bonds. The molecule has 0 nitrogen and oxygen atoms in total. The lowest BCUT2D eigenvalue weighted by Crippen LogP contribution is -2.68. The van der Waals surface area contributed by atoms with Gasteiger partial charge in [0.2, 0.25) is 0 Å². The lowest BCUT2D eigenvalue weighted by atomic mass is 9.42. The van der Waals surface area contributed by atoms with Gasteiger partial charge in [0, 0.05) is 45.9 Å². The fourth-order valence-electron chi connectivity index (χ4n) is 8.95. The lowest BCUT2D eigenvalue weighted by Gasteiger charge is -2.68. The summed E-state index contributed by atoms with van der Waals surface area (Å²) in [7, 11) is 0. The Hall–Kier alpha value is -2.58. The molecule has 0 spiro atoms. The van der Waals surface area contributed by atoms with Crippen LogP contribution in [0.2, 0.25) is 0 Å². The Morgan fingerprint density at radius 3 is 1.07 bits per heavy atom. The minimum Gasteiger partial charge on any atom is -0.194 e. The van der Waals surface area contributed by atoms with Gasteiger partial charge in [-0.2, -0.15) is 35.1 Å². The molecule has 0 N–H and O–H groups in total. The van der Waals surface area contributed by atoms with Gasteiger partial charge in [-0.15, -0.1) is 23.2 Å². The predicted octanol–water partition coefficient (Wildman–Crippen LogP) is 9.08. The van der Waals surface area contributed by atoms with E-state index < -0.39 is 102 Å². The van der Waals surface area contributed by atoms with Crippen LogP contribution < -0.4 is 0 Å². The Kier molecular flexibility index (Phi) is 3.77. The second-order valence-corrected chi connectivity index (χ2v) is 12.9. The maximum Gasteiger partial charge on any atom is 0.340 e. The lowest BCUT2D eigenvalue weighted by molar-refractivity contribution is -0.228. The van der Waals surface area contributed by atoms with Crippen LogP contribution in [-0.2, 0) is 23.7 Å². The Bertz CT molecular complexity index is 1670. The van der Waals surface area contributed by atoms with Crippen molar-refractivity contribution in [2.75, 3.05) is 0 Å². The first-order valence-corrected chi connectivity index (χ1v) is 13.4. The Labute approximate surface area is 231 Å². The average molecular weight is 597 g/mol. The van der Waals surface area contributed by atoms with Crippen LogP contribution in [0.25, 0.3) is 0 Å². The molecule has 11 rings (SSSR count). The fraction of sp³-hybridized carbons (Fsp3) is 0.333. The zero-order valence-electron chi connectivity index (χ0n) is 19.9. The number of rotatable bonds is 0. The number of hydrogen-bond donors (Lipinski definition) is 0. The first-order chi connectivity index (χ1) is 18.7. The molecule has 8 aliphatic rings. The standard InChI is InChI=1S/C30H14Cl2F8/c31-25-13-5-6-14-20-16-8-7-15(19(13)20)27(33,34)29(37,38)17-9-10-18(30(39,40)28(16,35)36)22-21(17)23(25)11-3-1-2-4-12(11)24(22)26(14,25)32/h1-10,13-14,23-24H/t13-,14+,23+,24-,25+,26-. The van der Waals surface area contributed by atoms with Crippen LogP contribution in [0.1, 0.15) is 79.3 Å². The maximum atomic E-state index is 16.3. The highest BCUT2D eigenvalue weighted by atomic mass is 35.5. The third-order valence-electron chi connectivity index (χ3n) is 10.4. The minimum absolute atomic E-state index is 0.389. The summed E-state index contributed by atoms with van der Waals surface area (Å²) in [4.78, 5) is -3.61. The molecule has 40 heavy (non-hydrogen) atoms. The van der Waals surface area contributed by atoms with Crippen LogP contribution in [0.5, 0.6) is 0 Å². The number of hydrogen-bond acceptors (Lipinski definition) is 0. The van der Waals surface area contributed by atoms with E-state index in [2.05, 4.69) is 0 Å². The van der Waals surface area contributed by atoms with Gasteiger partial charge < -0.3 is 0 Å². The highest BCUT2D eigenvalue weighted by Crippen LogP contribution is 2.81. The fourth-order valence-corrected chi connectivity index (χ4v) is 10.2. The van der Waals surface area contributed by atoms with Crippen LogP contribution in [0.3, 0.4) is 0 Å². The summed E-state index contributed by atoms with van der Waals surface area (Å²) in [5.74, 6) is -24.9. The second kappa shape index (κ2) is 6.26. The quantitative estimate of drug-likeness (QED) is 0.138. The molecular weight excluding hydrogens is 583 g/mol. The number of alkyl halides is 10. The summed E-state index contributed by atoms with van der Waals surface area (Å²) in [5.41, 5.74) is -6.26. The van der Waals surface area contributed by atoms with Crippen LogP contribution >= 0.6 is 23.2 Å². The molecule has 10 heteroatoms. The van der Waals surface area contributed by atoms with Crippen molar-refractivity contribution in [3.8, 4) is 0 Å². The van der Waals surface area contributed by atoms with E-state index in [9.17, 15) is 0 Å². The van der Waals surface area contributed by atoms with Crippen molar-refractivity contribution in [3.63, 3.8) is 0 Å². The zero-order valence-corrected chi connectivity index (χ0v) is 21.4. The molecular formula is C30H14Cl2F8. The van der Waals surface area contributed by atoms with E-state index >= 15 is 35.1 Å². The smallest absolute Gasteiger partial charge is 0.194 e. The van der Waals surface area contributed by atoms with Crippen LogP contribution in [0.4, 0.5) is 35.1 Å². The molecule has 10 bridgehead atoms. The largest absolute Gasteiger partial charge is 0.340 e. The highest BCUT2D eigenvalue weighted by Gasteiger charge is 2.80. The summed E-state index contributed by atoms with van der Waals surface area (Å²) in [5, 5.41) is 0. The molecule has 0 aromatic heterocycles. The molecule has 204 valence electrons. The van der Waals surface area contributed by atoms with E-state index in [-0.39, 0.29) is 0 Å². The summed E-state index contributed by atoms with van der Waals surface area (Å²) in [6.07, 6.45) is 2.91. The third kappa shape index (κ3) is 1.96. The van der Waals surface area contributed by atoms with E-state index in [1.807, 2.05) is 0 Å². The molecule has 6 atom stereocenters. The van der Waals surface area contributed by atoms with Crippen molar-refractivity contribution in [1.29, 1.82) is 0 Å². The van der Waals surface area contributed by atoms with Gasteiger partial charge in [-0.1, -0.05) is 60.7 Å². The molecule has 0 saturated heterocycles. The van der Waals surface area contributed by atoms with Gasteiger partial charge in [-0.25, -0.2) is 0 Å². The van der Waals surface area contributed by atoms with Gasteiger partial charge in [0.05, 0.1) is 9.75 Å². The Balaban J connectivity index is 1.66. The summed E-state index contributed by atoms with van der Waals surface area (Å²) in [6.45, 7) is 0. The molecule has 3 aromatic carbocycles. The van der Waals surface area contributed by atoms with E-state index in [1.54, 1.807) is 24.3 Å². The van der Waals surface area contributed by atoms with Gasteiger partial charge in [-0.05, 0) is 33.4 Å². The molecule has 0 fully saturated rings. The molecule has 0 unspecified atom stereocenters. The SMILES string of the molecule is FC1(F)c2ccc3c4c2[C@@H]2c5ccccc5[C@H]4[C@]4(Cl)[C@H]5C=C[C@H](c6c(ccc(c65)C(F)(F)C3(F)F)C1(F)F)[C@]24Cl. The number of benzene rings is 3. The third-order valence-corrected chi connectivity index (χ3v) is 12.0. The van der Waals surface area contributed by atoms with Crippen LogP contribution in [0.15, 0.2) is 60.7 Å².